The van der Waals surface area contributed by atoms with E-state index in [1.165, 1.54) is 59.9 Å². The number of nitrogens with zero attached hydrogens (tertiary/aromatic N) is 2. The molecule has 0 fully saturated rings. The second kappa shape index (κ2) is 7.56. The summed E-state index contributed by atoms with van der Waals surface area (Å²) in [6, 6.07) is 48.2. The van der Waals surface area contributed by atoms with Crippen LogP contribution in [0.2, 0.25) is 0 Å². The van der Waals surface area contributed by atoms with Crippen LogP contribution in [0.4, 0.5) is 0 Å². The zero-order valence-electron chi connectivity index (χ0n) is 22.0. The molecule has 10 aromatic rings. The van der Waals surface area contributed by atoms with Gasteiger partial charge in [-0.05, 0) is 60.0 Å². The minimum absolute atomic E-state index is 0.913. The van der Waals surface area contributed by atoms with E-state index in [1.807, 2.05) is 12.1 Å². The van der Waals surface area contributed by atoms with Crippen molar-refractivity contribution >= 4 is 81.8 Å². The van der Waals surface area contributed by atoms with Crippen LogP contribution in [0, 0.1) is 0 Å². The van der Waals surface area contributed by atoms with Gasteiger partial charge in [0.25, 0.3) is 0 Å². The standard InChI is InChI=1S/C38H22N2O/c1-2-11-26-24(9-1)25-10-3-6-14-31(25)40-33-18-19-34-38(30(33)22-35(26)40)28-13-4-7-15-32(28)39(34)23-17-20-37-29(21-23)27-12-5-8-16-36(27)41-37/h1-22H. The van der Waals surface area contributed by atoms with Gasteiger partial charge in [-0.3, -0.25) is 0 Å². The van der Waals surface area contributed by atoms with Crippen molar-refractivity contribution in [3.05, 3.63) is 133 Å². The third-order valence-electron chi connectivity index (χ3n) is 8.88. The highest BCUT2D eigenvalue weighted by atomic mass is 16.3. The average molecular weight is 523 g/mol. The molecule has 4 aromatic heterocycles. The zero-order chi connectivity index (χ0) is 26.7. The normalized spacial score (nSPS) is 12.4. The molecule has 0 bridgehead atoms. The van der Waals surface area contributed by atoms with Gasteiger partial charge in [-0.1, -0.05) is 78.9 Å². The molecule has 0 amide bonds. The lowest BCUT2D eigenvalue weighted by molar-refractivity contribution is 0.669. The highest BCUT2D eigenvalue weighted by molar-refractivity contribution is 6.25. The fourth-order valence-electron chi connectivity index (χ4n) is 7.18. The van der Waals surface area contributed by atoms with Crippen molar-refractivity contribution < 1.29 is 4.42 Å². The second-order valence-corrected chi connectivity index (χ2v) is 11.0. The number of pyridine rings is 1. The van der Waals surface area contributed by atoms with Crippen molar-refractivity contribution in [3.63, 3.8) is 0 Å². The molecule has 190 valence electrons. The number of hydrogen-bond donors (Lipinski definition) is 0. The highest BCUT2D eigenvalue weighted by Gasteiger charge is 2.19. The van der Waals surface area contributed by atoms with Crippen molar-refractivity contribution in [2.24, 2.45) is 0 Å². The number of benzene rings is 6. The quantitative estimate of drug-likeness (QED) is 0.197. The smallest absolute Gasteiger partial charge is 0.135 e. The maximum atomic E-state index is 6.15. The van der Waals surface area contributed by atoms with E-state index in [4.69, 9.17) is 4.42 Å². The van der Waals surface area contributed by atoms with Gasteiger partial charge >= 0.3 is 0 Å². The Labute approximate surface area is 234 Å². The van der Waals surface area contributed by atoms with Crippen LogP contribution in [0.3, 0.4) is 0 Å². The zero-order valence-corrected chi connectivity index (χ0v) is 22.0. The first-order chi connectivity index (χ1) is 20.3. The van der Waals surface area contributed by atoms with Crippen LogP contribution in [0.15, 0.2) is 138 Å². The lowest BCUT2D eigenvalue weighted by Gasteiger charge is -2.10. The molecule has 3 nitrogen and oxygen atoms in total. The Morgan fingerprint density at radius 3 is 1.83 bits per heavy atom. The molecule has 0 spiro atoms. The molecule has 41 heavy (non-hydrogen) atoms. The van der Waals surface area contributed by atoms with Gasteiger partial charge in [-0.25, -0.2) is 0 Å². The van der Waals surface area contributed by atoms with Crippen molar-refractivity contribution in [1.29, 1.82) is 0 Å². The van der Waals surface area contributed by atoms with Gasteiger partial charge in [-0.15, -0.1) is 0 Å². The highest BCUT2D eigenvalue weighted by Crippen LogP contribution is 2.41. The average Bonchev–Trinajstić information content (AvgIpc) is 3.70. The molecule has 0 radical (unpaired) electrons. The Bertz CT molecular complexity index is 2700. The molecule has 4 heterocycles. The summed E-state index contributed by atoms with van der Waals surface area (Å²) in [5.41, 5.74) is 9.07. The number of rotatable bonds is 1. The van der Waals surface area contributed by atoms with Crippen molar-refractivity contribution in [1.82, 2.24) is 8.97 Å². The molecule has 0 N–H and O–H groups in total. The van der Waals surface area contributed by atoms with Gasteiger partial charge in [0.05, 0.1) is 27.6 Å². The number of furan rings is 1. The minimum Gasteiger partial charge on any atom is -0.456 e. The third-order valence-corrected chi connectivity index (χ3v) is 8.88. The number of para-hydroxylation sites is 3. The summed E-state index contributed by atoms with van der Waals surface area (Å²) in [6.45, 7) is 0. The van der Waals surface area contributed by atoms with Gasteiger partial charge in [0.1, 0.15) is 11.2 Å². The fourth-order valence-corrected chi connectivity index (χ4v) is 7.18. The Morgan fingerprint density at radius 1 is 0.366 bits per heavy atom. The first kappa shape index (κ1) is 21.3. The topological polar surface area (TPSA) is 22.5 Å². The largest absolute Gasteiger partial charge is 0.456 e. The summed E-state index contributed by atoms with van der Waals surface area (Å²) in [5, 5.41) is 9.93. The number of hydrogen-bond acceptors (Lipinski definition) is 1. The van der Waals surface area contributed by atoms with E-state index in [0.717, 1.165) is 27.6 Å². The molecule has 0 atom stereocenters. The van der Waals surface area contributed by atoms with Crippen LogP contribution in [-0.2, 0) is 0 Å². The first-order valence-electron chi connectivity index (χ1n) is 14.0. The molecule has 0 aliphatic carbocycles. The molecule has 0 saturated heterocycles. The molecular weight excluding hydrogens is 500 g/mol. The van der Waals surface area contributed by atoms with E-state index >= 15 is 0 Å². The van der Waals surface area contributed by atoms with Crippen LogP contribution in [0.1, 0.15) is 0 Å². The Morgan fingerprint density at radius 2 is 0.976 bits per heavy atom. The van der Waals surface area contributed by atoms with Gasteiger partial charge in [0.15, 0.2) is 0 Å². The van der Waals surface area contributed by atoms with Crippen molar-refractivity contribution in [2.45, 2.75) is 0 Å². The second-order valence-electron chi connectivity index (χ2n) is 11.0. The molecular formula is C38H22N2O. The molecule has 0 unspecified atom stereocenters. The lowest BCUT2D eigenvalue weighted by Crippen LogP contribution is -1.93. The summed E-state index contributed by atoms with van der Waals surface area (Å²) in [7, 11) is 0. The fraction of sp³-hybridized carbons (Fsp3) is 0. The first-order valence-corrected chi connectivity index (χ1v) is 14.0. The Hall–Kier alpha value is -5.54. The third kappa shape index (κ3) is 2.68. The van der Waals surface area contributed by atoms with E-state index in [1.54, 1.807) is 0 Å². The molecule has 0 saturated carbocycles. The van der Waals surface area contributed by atoms with E-state index < -0.39 is 0 Å². The van der Waals surface area contributed by atoms with Gasteiger partial charge in [-0.2, -0.15) is 0 Å². The Balaban J connectivity index is 1.38. The predicted octanol–water partition coefficient (Wildman–Crippen LogP) is 10.4. The maximum absolute atomic E-state index is 6.15. The monoisotopic (exact) mass is 522 g/mol. The molecule has 6 aromatic carbocycles. The summed E-state index contributed by atoms with van der Waals surface area (Å²) >= 11 is 0. The maximum Gasteiger partial charge on any atom is 0.135 e. The Kier molecular flexibility index (Phi) is 3.93. The van der Waals surface area contributed by atoms with Crippen LogP contribution >= 0.6 is 0 Å². The number of aromatic nitrogens is 2. The number of fused-ring (bicyclic) bond motifs is 15. The minimum atomic E-state index is 0.913. The van der Waals surface area contributed by atoms with Gasteiger partial charge in [0, 0.05) is 43.4 Å². The predicted molar refractivity (Wildman–Crippen MR) is 172 cm³/mol. The summed E-state index contributed by atoms with van der Waals surface area (Å²) in [5.74, 6) is 0. The van der Waals surface area contributed by atoms with Crippen LogP contribution in [-0.4, -0.2) is 8.97 Å². The lowest BCUT2D eigenvalue weighted by atomic mass is 10.0. The summed E-state index contributed by atoms with van der Waals surface area (Å²) in [6.07, 6.45) is 0. The van der Waals surface area contributed by atoms with Crippen LogP contribution in [0.25, 0.3) is 87.5 Å². The van der Waals surface area contributed by atoms with E-state index in [2.05, 4.69) is 130 Å². The van der Waals surface area contributed by atoms with E-state index in [-0.39, 0.29) is 0 Å². The molecule has 10 rings (SSSR count). The summed E-state index contributed by atoms with van der Waals surface area (Å²) < 4.78 is 11.0. The van der Waals surface area contributed by atoms with Crippen LogP contribution < -0.4 is 0 Å². The summed E-state index contributed by atoms with van der Waals surface area (Å²) in [4.78, 5) is 0. The SMILES string of the molecule is c1ccc2c(c1)oc1ccc(-n3c4ccccc4c4c5cc6c7ccccc7c7ccccc7n6c5ccc43)cc12. The van der Waals surface area contributed by atoms with Gasteiger partial charge in [0.2, 0.25) is 0 Å². The van der Waals surface area contributed by atoms with E-state index in [0.29, 0.717) is 0 Å². The molecule has 0 aliphatic rings. The molecule has 3 heteroatoms. The van der Waals surface area contributed by atoms with Crippen LogP contribution in [0.5, 0.6) is 0 Å². The van der Waals surface area contributed by atoms with Crippen molar-refractivity contribution in [3.8, 4) is 5.69 Å². The van der Waals surface area contributed by atoms with E-state index in [9.17, 15) is 0 Å². The molecule has 0 aliphatic heterocycles. The van der Waals surface area contributed by atoms with Gasteiger partial charge < -0.3 is 13.4 Å². The van der Waals surface area contributed by atoms with Crippen molar-refractivity contribution in [2.75, 3.05) is 0 Å².